The molecule has 682 valence electrons. The van der Waals surface area contributed by atoms with Gasteiger partial charge < -0.3 is 28.4 Å². The molecule has 29 rings (SSSR count). The van der Waals surface area contributed by atoms with E-state index in [2.05, 4.69) is 574 Å². The topological polar surface area (TPSA) is 24.5 Å². The molecule has 0 aliphatic heterocycles. The van der Waals surface area contributed by atoms with Crippen molar-refractivity contribution in [3.8, 4) is 61.6 Å². The summed E-state index contributed by atoms with van der Waals surface area (Å²) < 4.78 is 15.2. The predicted molar refractivity (Wildman–Crippen MR) is 624 cm³/mol. The van der Waals surface area contributed by atoms with Gasteiger partial charge in [-0.05, 0) is 244 Å². The second-order valence-electron chi connectivity index (χ2n) is 36.9. The molecule has 0 aliphatic rings. The molecule has 29 aromatic rings. The van der Waals surface area contributed by atoms with Crippen LogP contribution < -0.4 is 14.7 Å². The fourth-order valence-corrected chi connectivity index (χ4v) is 25.5. The maximum Gasteiger partial charge on any atom is 0.0719 e. The summed E-state index contributed by atoms with van der Waals surface area (Å²) >= 11 is 5.68. The van der Waals surface area contributed by atoms with Gasteiger partial charge >= 0.3 is 0 Å². The Labute approximate surface area is 851 Å². The Hall–Kier alpha value is -18.2. The van der Waals surface area contributed by atoms with Gasteiger partial charge in [0.2, 0.25) is 0 Å². The third kappa shape index (κ3) is 15.4. The van der Waals surface area contributed by atoms with Gasteiger partial charge in [-0.1, -0.05) is 352 Å². The smallest absolute Gasteiger partial charge is 0.0719 e. The van der Waals surface area contributed by atoms with Crippen LogP contribution in [-0.2, 0) is 0 Å². The van der Waals surface area contributed by atoms with E-state index in [1.54, 1.807) is 0 Å². The highest BCUT2D eigenvalue weighted by molar-refractivity contribution is 7.27. The van der Waals surface area contributed by atoms with Crippen LogP contribution in [0.1, 0.15) is 0 Å². The molecule has 9 heteroatoms. The summed E-state index contributed by atoms with van der Waals surface area (Å²) in [6.07, 6.45) is 0. The van der Waals surface area contributed by atoms with Gasteiger partial charge in [-0.3, -0.25) is 0 Å². The third-order valence-corrected chi connectivity index (χ3v) is 32.1. The third-order valence-electron chi connectivity index (χ3n) is 28.5. The molecule has 0 saturated heterocycles. The lowest BCUT2D eigenvalue weighted by Gasteiger charge is -2.27. The van der Waals surface area contributed by atoms with Crippen molar-refractivity contribution in [2.24, 2.45) is 0 Å². The molecule has 0 amide bonds. The standard InChI is InChI=1S/C48H32N2S.C46H30N2S.C42H28N2S/c1-5-13-33(14-6-1)35-21-24-39(25-22-35)49(37-17-9-3-10-18-37)40-26-29-45-43(32-40)41-27-28-42-44-31-36(34-15-7-2-8-16-34)23-30-46(44)51-48(42)47(41)50(45)38-19-11-4-12-20-38;1-4-13-31(14-5-1)33-23-28-44-41(29-33)39-26-25-38-40-30-36(24-27-43(40)48(45(38)46(39)49-44)35-19-8-3-9-20-35)47(34-17-6-2-7-18-34)42-22-12-16-32-15-10-11-21-37(32)42;1-5-13-29(14-6-1)30-21-26-40-38(27-30)36-24-23-35-37-28-34(43(31-15-7-2-8-16-31)32-17-9-3-10-18-32)22-25-39(37)44(41(35)42(36)45-40)33-19-11-4-12-20-33/h1-32H;1-30H;1-28H. The molecule has 0 saturated carbocycles. The van der Waals surface area contributed by atoms with Crippen LogP contribution in [0.3, 0.4) is 0 Å². The van der Waals surface area contributed by atoms with Crippen molar-refractivity contribution >= 4 is 222 Å². The highest BCUT2D eigenvalue weighted by Gasteiger charge is 2.27. The first-order valence-corrected chi connectivity index (χ1v) is 51.8. The fraction of sp³-hybridized carbons (Fsp3) is 0. The first kappa shape index (κ1) is 85.9. The lowest BCUT2D eigenvalue weighted by Crippen LogP contribution is -2.10. The van der Waals surface area contributed by atoms with E-state index in [1.165, 1.54) is 193 Å². The molecule has 145 heavy (non-hydrogen) atoms. The molecule has 23 aromatic carbocycles. The molecule has 0 spiro atoms. The zero-order chi connectivity index (χ0) is 95.8. The van der Waals surface area contributed by atoms with Gasteiger partial charge in [-0.2, -0.15) is 0 Å². The summed E-state index contributed by atoms with van der Waals surface area (Å²) in [6.45, 7) is 0. The SMILES string of the molecule is c1ccc(-c2ccc(N(c3ccccc3)c3ccc4c(c3)c3ccc5c6cc(-c7ccccc7)ccc6sc5c3n4-c3ccccc3)cc2)cc1.c1ccc(-c2ccc3sc4c(ccc5c6cc(N(c7ccccc7)c7cccc8ccccc78)ccc6n(-c6ccccc6)c54)c3c2)cc1.c1ccc(-c2ccc3sc4c(ccc5c6cc(N(c7ccccc7)c7ccccc7)ccc6n(-c6ccccc6)c54)c3c2)cc1. The summed E-state index contributed by atoms with van der Waals surface area (Å²) in [5.74, 6) is 0. The van der Waals surface area contributed by atoms with Crippen molar-refractivity contribution in [1.29, 1.82) is 0 Å². The number of thiophene rings is 3. The van der Waals surface area contributed by atoms with Crippen LogP contribution in [0, 0.1) is 0 Å². The first-order chi connectivity index (χ1) is 71.9. The molecule has 6 heterocycles. The van der Waals surface area contributed by atoms with Gasteiger partial charge in [0.15, 0.2) is 0 Å². The van der Waals surface area contributed by atoms with Crippen LogP contribution in [0.2, 0.25) is 0 Å². The first-order valence-electron chi connectivity index (χ1n) is 49.3. The lowest BCUT2D eigenvalue weighted by molar-refractivity contribution is 1.19. The Balaban J connectivity index is 0.000000108. The van der Waals surface area contributed by atoms with Gasteiger partial charge in [0.25, 0.3) is 0 Å². The van der Waals surface area contributed by atoms with E-state index in [0.29, 0.717) is 0 Å². The van der Waals surface area contributed by atoms with Crippen molar-refractivity contribution in [3.63, 3.8) is 0 Å². The molecular formula is C136H90N6S3. The highest BCUT2D eigenvalue weighted by atomic mass is 32.1. The summed E-state index contributed by atoms with van der Waals surface area (Å²) in [5, 5.41) is 17.8. The van der Waals surface area contributed by atoms with Gasteiger partial charge in [0.05, 0.1) is 52.9 Å². The van der Waals surface area contributed by atoms with Crippen LogP contribution in [0.4, 0.5) is 51.2 Å². The normalized spacial score (nSPS) is 11.6. The molecule has 6 nitrogen and oxygen atoms in total. The number of para-hydroxylation sites is 7. The predicted octanol–water partition coefficient (Wildman–Crippen LogP) is 39.7. The fourth-order valence-electron chi connectivity index (χ4n) is 21.8. The van der Waals surface area contributed by atoms with E-state index in [0.717, 1.165) is 56.9 Å². The summed E-state index contributed by atoms with van der Waals surface area (Å²) in [7, 11) is 0. The molecule has 0 N–H and O–H groups in total. The average molecular weight is 1900 g/mol. The van der Waals surface area contributed by atoms with E-state index < -0.39 is 0 Å². The van der Waals surface area contributed by atoms with Crippen LogP contribution in [0.5, 0.6) is 0 Å². The van der Waals surface area contributed by atoms with Gasteiger partial charge in [-0.25, -0.2) is 0 Å². The second-order valence-corrected chi connectivity index (χ2v) is 40.1. The Morgan fingerprint density at radius 3 is 0.731 bits per heavy atom. The minimum atomic E-state index is 1.12. The summed E-state index contributed by atoms with van der Waals surface area (Å²) in [6, 6.07) is 197. The minimum Gasteiger partial charge on any atom is -0.310 e. The number of nitrogens with zero attached hydrogens (tertiary/aromatic N) is 6. The van der Waals surface area contributed by atoms with Gasteiger partial charge in [0.1, 0.15) is 0 Å². The maximum atomic E-state index is 2.47. The van der Waals surface area contributed by atoms with Gasteiger partial charge in [-0.15, -0.1) is 34.0 Å². The molecule has 0 radical (unpaired) electrons. The Bertz CT molecular complexity index is 9860. The number of anilines is 9. The summed E-state index contributed by atoms with van der Waals surface area (Å²) in [4.78, 5) is 7.10. The van der Waals surface area contributed by atoms with Crippen molar-refractivity contribution in [2.75, 3.05) is 14.7 Å². The number of fused-ring (bicyclic) bond motifs is 22. The number of benzene rings is 23. The average Bonchev–Trinajstić information content (AvgIpc) is 1.56. The lowest BCUT2D eigenvalue weighted by atomic mass is 10.0. The number of hydrogen-bond donors (Lipinski definition) is 0. The van der Waals surface area contributed by atoms with Crippen molar-refractivity contribution in [2.45, 2.75) is 0 Å². The monoisotopic (exact) mass is 1900 g/mol. The van der Waals surface area contributed by atoms with Crippen LogP contribution in [0.15, 0.2) is 546 Å². The van der Waals surface area contributed by atoms with E-state index in [1.807, 2.05) is 34.0 Å². The number of aromatic nitrogens is 3. The van der Waals surface area contributed by atoms with Crippen LogP contribution in [-0.4, -0.2) is 13.7 Å². The Morgan fingerprint density at radius 1 is 0.145 bits per heavy atom. The molecule has 0 unspecified atom stereocenters. The van der Waals surface area contributed by atoms with E-state index in [-0.39, 0.29) is 0 Å². The molecule has 0 aliphatic carbocycles. The Kier molecular flexibility index (Phi) is 21.8. The van der Waals surface area contributed by atoms with E-state index in [4.69, 9.17) is 0 Å². The van der Waals surface area contributed by atoms with Crippen molar-refractivity contribution in [3.05, 3.63) is 546 Å². The zero-order valence-corrected chi connectivity index (χ0v) is 81.3. The highest BCUT2D eigenvalue weighted by Crippen LogP contribution is 2.52. The second kappa shape index (κ2) is 36.8. The van der Waals surface area contributed by atoms with E-state index in [9.17, 15) is 0 Å². The van der Waals surface area contributed by atoms with Gasteiger partial charge in [0, 0.05) is 147 Å². The molecule has 0 fully saturated rings. The largest absolute Gasteiger partial charge is 0.310 e. The maximum absolute atomic E-state index is 2.47. The van der Waals surface area contributed by atoms with Crippen LogP contribution >= 0.6 is 34.0 Å². The zero-order valence-electron chi connectivity index (χ0n) is 78.9. The number of hydrogen-bond acceptors (Lipinski definition) is 6. The summed E-state index contributed by atoms with van der Waals surface area (Å²) in [5.41, 5.74) is 31.0. The molecule has 0 atom stereocenters. The molecule has 0 bridgehead atoms. The Morgan fingerprint density at radius 2 is 0.393 bits per heavy atom. The quantitative estimate of drug-likeness (QED) is 0.0964. The van der Waals surface area contributed by atoms with Crippen molar-refractivity contribution < 1.29 is 0 Å². The molecule has 6 aromatic heterocycles. The molecular weight excluding hydrogens is 1810 g/mol. The number of rotatable bonds is 16. The van der Waals surface area contributed by atoms with E-state index >= 15 is 0 Å². The van der Waals surface area contributed by atoms with Crippen LogP contribution in [0.25, 0.3) is 198 Å². The van der Waals surface area contributed by atoms with Crippen molar-refractivity contribution in [1.82, 2.24) is 13.7 Å². The minimum absolute atomic E-state index is 1.12.